The summed E-state index contributed by atoms with van der Waals surface area (Å²) in [6.07, 6.45) is 5.46. The number of nitrogens with one attached hydrogen (secondary N) is 1. The minimum Gasteiger partial charge on any atom is -0.349 e. The molecule has 0 bridgehead atoms. The van der Waals surface area contributed by atoms with Crippen molar-refractivity contribution in [2.75, 3.05) is 13.1 Å². The van der Waals surface area contributed by atoms with E-state index in [9.17, 15) is 4.79 Å². The molecule has 6 heteroatoms. The van der Waals surface area contributed by atoms with Crippen molar-refractivity contribution in [3.63, 3.8) is 0 Å². The van der Waals surface area contributed by atoms with E-state index in [0.29, 0.717) is 28.6 Å². The van der Waals surface area contributed by atoms with Crippen LogP contribution in [0.3, 0.4) is 0 Å². The minimum absolute atomic E-state index is 0.0167. The van der Waals surface area contributed by atoms with Crippen molar-refractivity contribution in [3.8, 4) is 0 Å². The number of hydrogen-bond donors (Lipinski definition) is 1. The summed E-state index contributed by atoms with van der Waals surface area (Å²) in [7, 11) is 0. The Morgan fingerprint density at radius 3 is 3.04 bits per heavy atom. The molecular weight excluding hydrogens is 324 g/mol. The number of halogens is 1. The molecule has 1 aromatic carbocycles. The zero-order valence-corrected chi connectivity index (χ0v) is 14.5. The third-order valence-electron chi connectivity index (χ3n) is 5.10. The predicted octanol–water partition coefficient (Wildman–Crippen LogP) is 3.41. The quantitative estimate of drug-likeness (QED) is 0.792. The first-order chi connectivity index (χ1) is 11.6. The fourth-order valence-electron chi connectivity index (χ4n) is 3.65. The molecule has 0 aliphatic carbocycles. The van der Waals surface area contributed by atoms with Crippen LogP contribution >= 0.6 is 11.6 Å². The van der Waals surface area contributed by atoms with E-state index in [0.717, 1.165) is 24.0 Å². The Balaban J connectivity index is 1.66. The minimum atomic E-state index is -0.0167. The normalized spacial score (nSPS) is 19.3. The van der Waals surface area contributed by atoms with Crippen molar-refractivity contribution in [1.29, 1.82) is 0 Å². The number of benzene rings is 1. The first kappa shape index (κ1) is 15.7. The first-order valence-corrected chi connectivity index (χ1v) is 8.92. The van der Waals surface area contributed by atoms with Gasteiger partial charge < -0.3 is 4.98 Å². The fraction of sp³-hybridized carbons (Fsp3) is 0.444. The van der Waals surface area contributed by atoms with Gasteiger partial charge in [0.05, 0.1) is 6.33 Å². The van der Waals surface area contributed by atoms with Crippen LogP contribution in [0.15, 0.2) is 29.3 Å². The van der Waals surface area contributed by atoms with E-state index in [4.69, 9.17) is 11.6 Å². The molecular formula is C18H21ClN4O. The molecule has 0 unspecified atom stereocenters. The van der Waals surface area contributed by atoms with Crippen LogP contribution in [0.4, 0.5) is 0 Å². The molecule has 2 aromatic heterocycles. The predicted molar refractivity (Wildman–Crippen MR) is 97.8 cm³/mol. The molecule has 3 heterocycles. The number of H-pyrrole nitrogens is 1. The molecule has 0 amide bonds. The molecule has 0 spiro atoms. The van der Waals surface area contributed by atoms with Crippen LogP contribution < -0.4 is 5.56 Å². The van der Waals surface area contributed by atoms with Crippen LogP contribution in [-0.2, 0) is 6.54 Å². The number of likely N-dealkylation sites (tertiary alicyclic amines) is 1. The molecule has 126 valence electrons. The highest BCUT2D eigenvalue weighted by Crippen LogP contribution is 2.24. The van der Waals surface area contributed by atoms with Gasteiger partial charge in [0.2, 0.25) is 0 Å². The average Bonchev–Trinajstić information content (AvgIpc) is 2.94. The summed E-state index contributed by atoms with van der Waals surface area (Å²) in [6, 6.07) is 6.15. The zero-order chi connectivity index (χ0) is 16.7. The van der Waals surface area contributed by atoms with E-state index < -0.39 is 0 Å². The lowest BCUT2D eigenvalue weighted by atomic mass is 10.0. The number of piperidine rings is 1. The van der Waals surface area contributed by atoms with Crippen molar-refractivity contribution < 1.29 is 0 Å². The number of rotatable bonds is 3. The van der Waals surface area contributed by atoms with Gasteiger partial charge in [0, 0.05) is 35.1 Å². The smallest absolute Gasteiger partial charge is 0.277 e. The maximum absolute atomic E-state index is 12.8. The lowest BCUT2D eigenvalue weighted by Crippen LogP contribution is -2.40. The van der Waals surface area contributed by atoms with Gasteiger partial charge in [-0.3, -0.25) is 14.3 Å². The second-order valence-electron chi connectivity index (χ2n) is 6.66. The molecule has 1 saturated heterocycles. The van der Waals surface area contributed by atoms with Gasteiger partial charge in [-0.15, -0.1) is 0 Å². The van der Waals surface area contributed by atoms with Crippen molar-refractivity contribution in [2.24, 2.45) is 0 Å². The van der Waals surface area contributed by atoms with Crippen molar-refractivity contribution in [3.05, 3.63) is 39.9 Å². The van der Waals surface area contributed by atoms with E-state index in [1.54, 1.807) is 10.9 Å². The number of aromatic nitrogens is 3. The second-order valence-corrected chi connectivity index (χ2v) is 7.10. The summed E-state index contributed by atoms with van der Waals surface area (Å²) in [5.74, 6) is 0. The van der Waals surface area contributed by atoms with Crippen LogP contribution in [0.2, 0.25) is 5.02 Å². The average molecular weight is 345 g/mol. The van der Waals surface area contributed by atoms with Crippen molar-refractivity contribution >= 4 is 33.5 Å². The first-order valence-electron chi connectivity index (χ1n) is 8.54. The van der Waals surface area contributed by atoms with E-state index >= 15 is 0 Å². The van der Waals surface area contributed by atoms with Gasteiger partial charge in [-0.1, -0.05) is 18.0 Å². The Morgan fingerprint density at radius 2 is 2.21 bits per heavy atom. The number of fused-ring (bicyclic) bond motifs is 3. The Morgan fingerprint density at radius 1 is 1.33 bits per heavy atom. The van der Waals surface area contributed by atoms with Gasteiger partial charge in [0.25, 0.3) is 5.56 Å². The lowest BCUT2D eigenvalue weighted by Gasteiger charge is -2.33. The molecule has 0 radical (unpaired) electrons. The van der Waals surface area contributed by atoms with Gasteiger partial charge in [-0.25, -0.2) is 4.98 Å². The monoisotopic (exact) mass is 344 g/mol. The summed E-state index contributed by atoms with van der Waals surface area (Å²) in [4.78, 5) is 22.9. The molecule has 1 aliphatic rings. The van der Waals surface area contributed by atoms with E-state index in [1.807, 2.05) is 18.2 Å². The molecule has 0 saturated carbocycles. The van der Waals surface area contributed by atoms with Gasteiger partial charge in [0.15, 0.2) is 0 Å². The molecule has 1 fully saturated rings. The zero-order valence-electron chi connectivity index (χ0n) is 13.8. The van der Waals surface area contributed by atoms with E-state index in [-0.39, 0.29) is 5.56 Å². The van der Waals surface area contributed by atoms with Gasteiger partial charge in [0.1, 0.15) is 11.0 Å². The van der Waals surface area contributed by atoms with Crippen LogP contribution in [0, 0.1) is 0 Å². The third-order valence-corrected chi connectivity index (χ3v) is 5.34. The Bertz CT molecular complexity index is 945. The summed E-state index contributed by atoms with van der Waals surface area (Å²) in [5.41, 5.74) is 2.12. The van der Waals surface area contributed by atoms with Crippen LogP contribution in [0.5, 0.6) is 0 Å². The van der Waals surface area contributed by atoms with Crippen LogP contribution in [-0.4, -0.2) is 38.6 Å². The highest BCUT2D eigenvalue weighted by atomic mass is 35.5. The van der Waals surface area contributed by atoms with Crippen molar-refractivity contribution in [2.45, 2.75) is 38.8 Å². The molecule has 5 nitrogen and oxygen atoms in total. The second kappa shape index (κ2) is 6.22. The molecule has 1 aliphatic heterocycles. The van der Waals surface area contributed by atoms with Crippen LogP contribution in [0.1, 0.15) is 26.2 Å². The Labute approximate surface area is 145 Å². The largest absolute Gasteiger partial charge is 0.349 e. The fourth-order valence-corrected chi connectivity index (χ4v) is 3.82. The van der Waals surface area contributed by atoms with Gasteiger partial charge >= 0.3 is 0 Å². The molecule has 3 aromatic rings. The summed E-state index contributed by atoms with van der Waals surface area (Å²) >= 11 is 6.07. The highest BCUT2D eigenvalue weighted by Gasteiger charge is 2.18. The highest BCUT2D eigenvalue weighted by molar-refractivity contribution is 6.31. The Hall–Kier alpha value is -1.85. The van der Waals surface area contributed by atoms with Gasteiger partial charge in [-0.2, -0.15) is 0 Å². The standard InChI is InChI=1S/C18H21ClN4O/c1-12-4-2-3-7-22(12)8-9-23-11-20-16-14-10-13(19)5-6-15(14)21-17(16)18(23)24/h5-6,10-12,21H,2-4,7-9H2,1H3/t12-/m0/s1. The van der Waals surface area contributed by atoms with Crippen molar-refractivity contribution in [1.82, 2.24) is 19.4 Å². The number of aromatic amines is 1. The molecule has 4 rings (SSSR count). The maximum Gasteiger partial charge on any atom is 0.277 e. The number of hydrogen-bond acceptors (Lipinski definition) is 3. The third kappa shape index (κ3) is 2.72. The molecule has 24 heavy (non-hydrogen) atoms. The van der Waals surface area contributed by atoms with Gasteiger partial charge in [-0.05, 0) is 44.5 Å². The molecule has 1 N–H and O–H groups in total. The topological polar surface area (TPSA) is 53.9 Å². The number of nitrogens with zero attached hydrogens (tertiary/aromatic N) is 3. The SMILES string of the molecule is C[C@H]1CCCCN1CCn1cnc2c([nH]c3ccc(Cl)cc32)c1=O. The lowest BCUT2D eigenvalue weighted by molar-refractivity contribution is 0.154. The van der Waals surface area contributed by atoms with Crippen LogP contribution in [0.25, 0.3) is 21.9 Å². The summed E-state index contributed by atoms with van der Waals surface area (Å²) in [5, 5.41) is 1.54. The summed E-state index contributed by atoms with van der Waals surface area (Å²) in [6.45, 7) is 4.95. The maximum atomic E-state index is 12.8. The molecule has 1 atom stereocenters. The summed E-state index contributed by atoms with van der Waals surface area (Å²) < 4.78 is 1.71. The van der Waals surface area contributed by atoms with E-state index in [2.05, 4.69) is 21.8 Å². The van der Waals surface area contributed by atoms with E-state index in [1.165, 1.54) is 19.3 Å². The Kier molecular flexibility index (Phi) is 4.06.